The van der Waals surface area contributed by atoms with Crippen molar-refractivity contribution in [3.8, 4) is 0 Å². The van der Waals surface area contributed by atoms with Crippen LogP contribution in [0.4, 0.5) is 10.1 Å². The van der Waals surface area contributed by atoms with E-state index in [1.807, 2.05) is 6.92 Å². The minimum absolute atomic E-state index is 0.0758. The number of halogens is 1. The maximum Gasteiger partial charge on any atom is 0.274 e. The van der Waals surface area contributed by atoms with Gasteiger partial charge in [-0.25, -0.2) is 4.39 Å². The third kappa shape index (κ3) is 5.31. The average Bonchev–Trinajstić information content (AvgIpc) is 2.41. The molecule has 0 bridgehead atoms. The summed E-state index contributed by atoms with van der Waals surface area (Å²) in [6, 6.07) is 3.32. The number of hydrogen-bond acceptors (Lipinski definition) is 4. The Kier molecular flexibility index (Phi) is 6.58. The second-order valence-electron chi connectivity index (χ2n) is 4.31. The SMILES string of the molecule is CCCNC(=O)CCNCc1cc(F)ccc1[N+](=O)[O-]. The third-order valence-electron chi connectivity index (χ3n) is 2.65. The number of nitrogens with one attached hydrogen (secondary N) is 2. The molecule has 0 aliphatic rings. The van der Waals surface area contributed by atoms with Gasteiger partial charge < -0.3 is 10.6 Å². The Morgan fingerprint density at radius 1 is 1.40 bits per heavy atom. The summed E-state index contributed by atoms with van der Waals surface area (Å²) in [5.74, 6) is -0.596. The van der Waals surface area contributed by atoms with Crippen LogP contribution in [0.15, 0.2) is 18.2 Å². The maximum absolute atomic E-state index is 13.1. The van der Waals surface area contributed by atoms with Crippen molar-refractivity contribution in [3.63, 3.8) is 0 Å². The number of rotatable bonds is 8. The van der Waals surface area contributed by atoms with E-state index in [0.29, 0.717) is 13.1 Å². The van der Waals surface area contributed by atoms with Gasteiger partial charge in [0, 0.05) is 37.7 Å². The summed E-state index contributed by atoms with van der Waals surface area (Å²) < 4.78 is 13.1. The van der Waals surface area contributed by atoms with Crippen molar-refractivity contribution in [2.45, 2.75) is 26.3 Å². The summed E-state index contributed by atoms with van der Waals surface area (Å²) in [6.45, 7) is 3.12. The molecular weight excluding hydrogens is 265 g/mol. The molecule has 0 saturated heterocycles. The monoisotopic (exact) mass is 283 g/mol. The molecule has 7 heteroatoms. The fourth-order valence-corrected chi connectivity index (χ4v) is 1.65. The normalized spacial score (nSPS) is 10.3. The van der Waals surface area contributed by atoms with Gasteiger partial charge in [-0.15, -0.1) is 0 Å². The Morgan fingerprint density at radius 3 is 2.80 bits per heavy atom. The summed E-state index contributed by atoms with van der Waals surface area (Å²) in [5.41, 5.74) is 0.137. The second-order valence-corrected chi connectivity index (χ2v) is 4.31. The molecule has 1 amide bonds. The molecule has 2 N–H and O–H groups in total. The highest BCUT2D eigenvalue weighted by atomic mass is 19.1. The number of nitro groups is 1. The van der Waals surface area contributed by atoms with Crippen LogP contribution in [0.5, 0.6) is 0 Å². The Morgan fingerprint density at radius 2 is 2.15 bits per heavy atom. The van der Waals surface area contributed by atoms with E-state index < -0.39 is 10.7 Å². The van der Waals surface area contributed by atoms with Gasteiger partial charge in [0.15, 0.2) is 0 Å². The highest BCUT2D eigenvalue weighted by Crippen LogP contribution is 2.19. The van der Waals surface area contributed by atoms with E-state index in [9.17, 15) is 19.3 Å². The molecule has 110 valence electrons. The Bertz CT molecular complexity index is 480. The standard InChI is InChI=1S/C13H18FN3O3/c1-2-6-16-13(18)5-7-15-9-10-8-11(14)3-4-12(10)17(19)20/h3-4,8,15H,2,5-7,9H2,1H3,(H,16,18). The van der Waals surface area contributed by atoms with Gasteiger partial charge >= 0.3 is 0 Å². The highest BCUT2D eigenvalue weighted by molar-refractivity contribution is 5.75. The van der Waals surface area contributed by atoms with Crippen LogP contribution in [0.25, 0.3) is 0 Å². The van der Waals surface area contributed by atoms with Gasteiger partial charge in [0.25, 0.3) is 5.69 Å². The molecule has 0 saturated carbocycles. The molecule has 1 rings (SSSR count). The van der Waals surface area contributed by atoms with Crippen molar-refractivity contribution in [1.82, 2.24) is 10.6 Å². The Labute approximate surface area is 116 Å². The van der Waals surface area contributed by atoms with E-state index in [1.54, 1.807) is 0 Å². The summed E-state index contributed by atoms with van der Waals surface area (Å²) in [4.78, 5) is 21.6. The molecule has 1 aromatic rings. The predicted molar refractivity (Wildman–Crippen MR) is 72.7 cm³/mol. The van der Waals surface area contributed by atoms with Crippen LogP contribution in [-0.2, 0) is 11.3 Å². The minimum Gasteiger partial charge on any atom is -0.356 e. The summed E-state index contributed by atoms with van der Waals surface area (Å²) in [7, 11) is 0. The first-order chi connectivity index (χ1) is 9.54. The topological polar surface area (TPSA) is 84.3 Å². The zero-order valence-electron chi connectivity index (χ0n) is 11.3. The van der Waals surface area contributed by atoms with Gasteiger partial charge in [0.1, 0.15) is 5.82 Å². The zero-order chi connectivity index (χ0) is 15.0. The van der Waals surface area contributed by atoms with Crippen molar-refractivity contribution >= 4 is 11.6 Å². The molecule has 6 nitrogen and oxygen atoms in total. The van der Waals surface area contributed by atoms with E-state index in [0.717, 1.165) is 24.6 Å². The van der Waals surface area contributed by atoms with E-state index >= 15 is 0 Å². The van der Waals surface area contributed by atoms with Crippen molar-refractivity contribution in [2.24, 2.45) is 0 Å². The van der Waals surface area contributed by atoms with Gasteiger partial charge in [-0.05, 0) is 18.6 Å². The molecule has 0 radical (unpaired) electrons. The van der Waals surface area contributed by atoms with Gasteiger partial charge in [-0.1, -0.05) is 6.92 Å². The van der Waals surface area contributed by atoms with Crippen molar-refractivity contribution in [2.75, 3.05) is 13.1 Å². The summed E-state index contributed by atoms with van der Waals surface area (Å²) in [5, 5.41) is 16.4. The van der Waals surface area contributed by atoms with Gasteiger partial charge in [0.2, 0.25) is 5.91 Å². The lowest BCUT2D eigenvalue weighted by Crippen LogP contribution is -2.28. The van der Waals surface area contributed by atoms with Gasteiger partial charge in [-0.2, -0.15) is 0 Å². The number of amides is 1. The molecule has 0 aliphatic heterocycles. The van der Waals surface area contributed by atoms with Crippen LogP contribution in [0.2, 0.25) is 0 Å². The number of nitrogens with zero attached hydrogens (tertiary/aromatic N) is 1. The number of carbonyl (C=O) groups is 1. The lowest BCUT2D eigenvalue weighted by molar-refractivity contribution is -0.385. The Balaban J connectivity index is 2.44. The molecule has 0 unspecified atom stereocenters. The number of carbonyl (C=O) groups excluding carboxylic acids is 1. The van der Waals surface area contributed by atoms with E-state index in [4.69, 9.17) is 0 Å². The lowest BCUT2D eigenvalue weighted by Gasteiger charge is -2.06. The first-order valence-electron chi connectivity index (χ1n) is 6.44. The van der Waals surface area contributed by atoms with E-state index in [2.05, 4.69) is 10.6 Å². The van der Waals surface area contributed by atoms with E-state index in [-0.39, 0.29) is 30.1 Å². The molecule has 0 aliphatic carbocycles. The lowest BCUT2D eigenvalue weighted by atomic mass is 10.1. The first kappa shape index (κ1) is 16.0. The zero-order valence-corrected chi connectivity index (χ0v) is 11.3. The molecule has 20 heavy (non-hydrogen) atoms. The minimum atomic E-state index is -0.551. The van der Waals surface area contributed by atoms with E-state index in [1.165, 1.54) is 0 Å². The quantitative estimate of drug-likeness (QED) is 0.432. The van der Waals surface area contributed by atoms with Crippen LogP contribution < -0.4 is 10.6 Å². The molecule has 1 aromatic carbocycles. The molecule has 0 aromatic heterocycles. The van der Waals surface area contributed by atoms with Crippen LogP contribution in [0.3, 0.4) is 0 Å². The van der Waals surface area contributed by atoms with Crippen LogP contribution >= 0.6 is 0 Å². The fraction of sp³-hybridized carbons (Fsp3) is 0.462. The molecule has 0 atom stereocenters. The molecule has 0 heterocycles. The van der Waals surface area contributed by atoms with Gasteiger partial charge in [-0.3, -0.25) is 14.9 Å². The molecule has 0 spiro atoms. The smallest absolute Gasteiger partial charge is 0.274 e. The average molecular weight is 283 g/mol. The van der Waals surface area contributed by atoms with Crippen molar-refractivity contribution in [1.29, 1.82) is 0 Å². The van der Waals surface area contributed by atoms with Crippen LogP contribution in [-0.4, -0.2) is 23.9 Å². The molecule has 0 fully saturated rings. The third-order valence-corrected chi connectivity index (χ3v) is 2.65. The maximum atomic E-state index is 13.1. The number of nitro benzene ring substituents is 1. The fourth-order valence-electron chi connectivity index (χ4n) is 1.65. The molecular formula is C13H18FN3O3. The summed E-state index contributed by atoms with van der Waals surface area (Å²) >= 11 is 0. The Hall–Kier alpha value is -2.02. The first-order valence-corrected chi connectivity index (χ1v) is 6.44. The van der Waals surface area contributed by atoms with Crippen molar-refractivity contribution in [3.05, 3.63) is 39.7 Å². The van der Waals surface area contributed by atoms with Crippen LogP contribution in [0.1, 0.15) is 25.3 Å². The predicted octanol–water partition coefficient (Wildman–Crippen LogP) is 1.74. The highest BCUT2D eigenvalue weighted by Gasteiger charge is 2.13. The van der Waals surface area contributed by atoms with Crippen LogP contribution in [0, 0.1) is 15.9 Å². The van der Waals surface area contributed by atoms with Crippen molar-refractivity contribution < 1.29 is 14.1 Å². The van der Waals surface area contributed by atoms with Gasteiger partial charge in [0.05, 0.1) is 4.92 Å². The number of hydrogen-bond donors (Lipinski definition) is 2. The largest absolute Gasteiger partial charge is 0.356 e. The second kappa shape index (κ2) is 8.21. The summed E-state index contributed by atoms with van der Waals surface area (Å²) in [6.07, 6.45) is 1.15. The number of benzene rings is 1.